The number of benzene rings is 1. The Kier molecular flexibility index (Phi) is 5.69. The molecule has 0 radical (unpaired) electrons. The monoisotopic (exact) mass is 343 g/mol. The fraction of sp³-hybridized carbons (Fsp3) is 0.600. The van der Waals surface area contributed by atoms with E-state index in [9.17, 15) is 5.11 Å². The smallest absolute Gasteiger partial charge is 0.175 e. The highest BCUT2D eigenvalue weighted by Crippen LogP contribution is 2.36. The number of rotatable bonds is 7. The summed E-state index contributed by atoms with van der Waals surface area (Å²) in [6, 6.07) is 4.05. The molecule has 1 aromatic carbocycles. The number of nitrogens with one attached hydrogen (secondary N) is 1. The Bertz CT molecular complexity index is 447. The van der Waals surface area contributed by atoms with Gasteiger partial charge in [-0.25, -0.2) is 0 Å². The molecule has 20 heavy (non-hydrogen) atoms. The van der Waals surface area contributed by atoms with Crippen molar-refractivity contribution >= 4 is 15.9 Å². The number of methoxy groups -OCH3 is 1. The summed E-state index contributed by atoms with van der Waals surface area (Å²) in [5.74, 6) is 2.11. The zero-order chi connectivity index (χ0) is 14.5. The quantitative estimate of drug-likeness (QED) is 0.799. The molecule has 0 bridgehead atoms. The normalized spacial score (nSPS) is 21.4. The SMILES string of the molecule is CCOc1c(Br)cc(CNCC2CC(O)C2)cc1OC. The molecule has 5 heteroatoms. The van der Waals surface area contributed by atoms with Gasteiger partial charge in [-0.2, -0.15) is 0 Å². The van der Waals surface area contributed by atoms with E-state index in [0.717, 1.165) is 47.5 Å². The Balaban J connectivity index is 1.92. The van der Waals surface area contributed by atoms with E-state index < -0.39 is 0 Å². The first kappa shape index (κ1) is 15.6. The van der Waals surface area contributed by atoms with Gasteiger partial charge in [0.05, 0.1) is 24.3 Å². The Hall–Kier alpha value is -0.780. The summed E-state index contributed by atoms with van der Waals surface area (Å²) < 4.78 is 11.9. The van der Waals surface area contributed by atoms with E-state index in [-0.39, 0.29) is 6.10 Å². The fourth-order valence-corrected chi connectivity index (χ4v) is 3.05. The largest absolute Gasteiger partial charge is 0.493 e. The molecule has 0 atom stereocenters. The van der Waals surface area contributed by atoms with Gasteiger partial charge in [0, 0.05) is 6.54 Å². The zero-order valence-electron chi connectivity index (χ0n) is 12.0. The van der Waals surface area contributed by atoms with E-state index in [4.69, 9.17) is 9.47 Å². The molecule has 0 spiro atoms. The molecule has 0 saturated heterocycles. The maximum Gasteiger partial charge on any atom is 0.175 e. The van der Waals surface area contributed by atoms with Crippen LogP contribution in [0, 0.1) is 5.92 Å². The second-order valence-electron chi connectivity index (χ2n) is 5.16. The molecule has 1 fully saturated rings. The van der Waals surface area contributed by atoms with Crippen molar-refractivity contribution in [2.45, 2.75) is 32.4 Å². The molecule has 1 saturated carbocycles. The van der Waals surface area contributed by atoms with E-state index in [0.29, 0.717) is 12.5 Å². The van der Waals surface area contributed by atoms with E-state index in [1.54, 1.807) is 7.11 Å². The van der Waals surface area contributed by atoms with Crippen LogP contribution in [0.15, 0.2) is 16.6 Å². The molecule has 0 aliphatic heterocycles. The lowest BCUT2D eigenvalue weighted by molar-refractivity contribution is 0.0430. The van der Waals surface area contributed by atoms with E-state index in [1.165, 1.54) is 0 Å². The second kappa shape index (κ2) is 7.29. The van der Waals surface area contributed by atoms with Crippen molar-refractivity contribution in [2.24, 2.45) is 5.92 Å². The summed E-state index contributed by atoms with van der Waals surface area (Å²) in [5, 5.41) is 12.7. The van der Waals surface area contributed by atoms with Crippen molar-refractivity contribution in [1.82, 2.24) is 5.32 Å². The maximum atomic E-state index is 9.26. The molecule has 2 rings (SSSR count). The summed E-state index contributed by atoms with van der Waals surface area (Å²) in [5.41, 5.74) is 1.15. The number of hydrogen-bond acceptors (Lipinski definition) is 4. The van der Waals surface area contributed by atoms with Gasteiger partial charge in [-0.3, -0.25) is 0 Å². The highest BCUT2D eigenvalue weighted by atomic mass is 79.9. The third-order valence-corrected chi connectivity index (χ3v) is 4.14. The van der Waals surface area contributed by atoms with Gasteiger partial charge in [-0.1, -0.05) is 0 Å². The molecule has 4 nitrogen and oxygen atoms in total. The Morgan fingerprint density at radius 2 is 2.15 bits per heavy atom. The standard InChI is InChI=1S/C15H22BrNO3/c1-3-20-15-13(16)6-11(7-14(15)19-2)9-17-8-10-4-12(18)5-10/h6-7,10,12,17-18H,3-5,8-9H2,1-2H3. The Morgan fingerprint density at radius 1 is 1.40 bits per heavy atom. The first-order chi connectivity index (χ1) is 9.63. The van der Waals surface area contributed by atoms with Gasteiger partial charge >= 0.3 is 0 Å². The average molecular weight is 344 g/mol. The van der Waals surface area contributed by atoms with Gasteiger partial charge in [0.1, 0.15) is 0 Å². The van der Waals surface area contributed by atoms with Crippen LogP contribution in [0.25, 0.3) is 0 Å². The van der Waals surface area contributed by atoms with Crippen LogP contribution in [-0.4, -0.2) is 31.5 Å². The number of hydrogen-bond donors (Lipinski definition) is 2. The number of aliphatic hydroxyl groups is 1. The van der Waals surface area contributed by atoms with Crippen LogP contribution < -0.4 is 14.8 Å². The average Bonchev–Trinajstić information content (AvgIpc) is 2.39. The molecule has 0 heterocycles. The minimum Gasteiger partial charge on any atom is -0.493 e. The number of aliphatic hydroxyl groups excluding tert-OH is 1. The van der Waals surface area contributed by atoms with E-state index in [1.807, 2.05) is 13.0 Å². The first-order valence-electron chi connectivity index (χ1n) is 7.02. The number of ether oxygens (including phenoxy) is 2. The molecule has 1 aromatic rings. The van der Waals surface area contributed by atoms with Gasteiger partial charge in [-0.15, -0.1) is 0 Å². The molecular formula is C15H22BrNO3. The Morgan fingerprint density at radius 3 is 2.75 bits per heavy atom. The topological polar surface area (TPSA) is 50.7 Å². The molecule has 2 N–H and O–H groups in total. The molecule has 0 amide bonds. The lowest BCUT2D eigenvalue weighted by Gasteiger charge is -2.31. The highest BCUT2D eigenvalue weighted by molar-refractivity contribution is 9.10. The van der Waals surface area contributed by atoms with Gasteiger partial charge in [0.2, 0.25) is 0 Å². The molecule has 0 aromatic heterocycles. The van der Waals surface area contributed by atoms with Gasteiger partial charge in [0.15, 0.2) is 11.5 Å². The zero-order valence-corrected chi connectivity index (χ0v) is 13.6. The van der Waals surface area contributed by atoms with Crippen molar-refractivity contribution < 1.29 is 14.6 Å². The third-order valence-electron chi connectivity index (χ3n) is 3.55. The van der Waals surface area contributed by atoms with Crippen molar-refractivity contribution in [3.63, 3.8) is 0 Å². The van der Waals surface area contributed by atoms with Gasteiger partial charge in [-0.05, 0) is 65.9 Å². The lowest BCUT2D eigenvalue weighted by atomic mass is 9.82. The van der Waals surface area contributed by atoms with Crippen LogP contribution in [0.1, 0.15) is 25.3 Å². The lowest BCUT2D eigenvalue weighted by Crippen LogP contribution is -2.35. The minimum atomic E-state index is -0.0819. The van der Waals surface area contributed by atoms with Gasteiger partial charge in [0.25, 0.3) is 0 Å². The van der Waals surface area contributed by atoms with Crippen LogP contribution in [0.2, 0.25) is 0 Å². The van der Waals surface area contributed by atoms with Crippen molar-refractivity contribution in [3.05, 3.63) is 22.2 Å². The summed E-state index contributed by atoms with van der Waals surface area (Å²) in [6.45, 7) is 4.29. The van der Waals surface area contributed by atoms with Crippen LogP contribution in [-0.2, 0) is 6.54 Å². The van der Waals surface area contributed by atoms with Gasteiger partial charge < -0.3 is 19.9 Å². The molecule has 0 unspecified atom stereocenters. The highest BCUT2D eigenvalue weighted by Gasteiger charge is 2.26. The van der Waals surface area contributed by atoms with Crippen LogP contribution in [0.5, 0.6) is 11.5 Å². The summed E-state index contributed by atoms with van der Waals surface area (Å²) in [7, 11) is 1.65. The van der Waals surface area contributed by atoms with Crippen LogP contribution in [0.4, 0.5) is 0 Å². The van der Waals surface area contributed by atoms with Crippen molar-refractivity contribution in [3.8, 4) is 11.5 Å². The molecular weight excluding hydrogens is 322 g/mol. The van der Waals surface area contributed by atoms with Crippen molar-refractivity contribution in [2.75, 3.05) is 20.3 Å². The third kappa shape index (κ3) is 3.87. The fourth-order valence-electron chi connectivity index (χ4n) is 2.45. The molecule has 1 aliphatic rings. The molecule has 112 valence electrons. The minimum absolute atomic E-state index is 0.0819. The van der Waals surface area contributed by atoms with E-state index >= 15 is 0 Å². The first-order valence-corrected chi connectivity index (χ1v) is 7.81. The summed E-state index contributed by atoms with van der Waals surface area (Å²) in [6.07, 6.45) is 1.76. The van der Waals surface area contributed by atoms with Crippen LogP contribution in [0.3, 0.4) is 0 Å². The second-order valence-corrected chi connectivity index (χ2v) is 6.02. The summed E-state index contributed by atoms with van der Waals surface area (Å²) in [4.78, 5) is 0. The predicted molar refractivity (Wildman–Crippen MR) is 82.3 cm³/mol. The predicted octanol–water partition coefficient (Wildman–Crippen LogP) is 2.72. The summed E-state index contributed by atoms with van der Waals surface area (Å²) >= 11 is 3.53. The van der Waals surface area contributed by atoms with E-state index in [2.05, 4.69) is 27.3 Å². The molecule has 1 aliphatic carbocycles. The number of halogens is 1. The van der Waals surface area contributed by atoms with Crippen LogP contribution >= 0.6 is 15.9 Å². The Labute approximate surface area is 128 Å². The maximum absolute atomic E-state index is 9.26. The van der Waals surface area contributed by atoms with Crippen molar-refractivity contribution in [1.29, 1.82) is 0 Å².